The summed E-state index contributed by atoms with van der Waals surface area (Å²) in [6, 6.07) is 7.49. The van der Waals surface area contributed by atoms with Crippen LogP contribution in [0, 0.1) is 0 Å². The molecule has 0 atom stereocenters. The number of nitrogens with one attached hydrogen (secondary N) is 1. The number of nitrogens with zero attached hydrogens (tertiary/aromatic N) is 1. The Balaban J connectivity index is 1.93. The molecule has 1 amide bonds. The van der Waals surface area contributed by atoms with Gasteiger partial charge in [0.05, 0.1) is 6.42 Å². The summed E-state index contributed by atoms with van der Waals surface area (Å²) in [4.78, 5) is 13.8. The molecule has 1 aliphatic rings. The quantitative estimate of drug-likeness (QED) is 0.701. The van der Waals surface area contributed by atoms with E-state index in [0.29, 0.717) is 6.42 Å². The van der Waals surface area contributed by atoms with Gasteiger partial charge in [-0.05, 0) is 17.7 Å². The minimum atomic E-state index is 0.200. The molecule has 0 unspecified atom stereocenters. The van der Waals surface area contributed by atoms with Crippen LogP contribution >= 0.6 is 0 Å². The fraction of sp³-hybridized carbons (Fsp3) is 0.417. The lowest BCUT2D eigenvalue weighted by atomic mass is 10.1. The second-order valence-electron chi connectivity index (χ2n) is 4.05. The average molecular weight is 219 g/mol. The van der Waals surface area contributed by atoms with Crippen molar-refractivity contribution >= 4 is 11.6 Å². The zero-order chi connectivity index (χ0) is 11.4. The number of benzene rings is 1. The fourth-order valence-electron chi connectivity index (χ4n) is 1.84. The number of amides is 1. The maximum atomic E-state index is 11.9. The molecule has 1 aliphatic heterocycles. The molecule has 1 aromatic rings. The number of hydrogen-bond donors (Lipinski definition) is 2. The Morgan fingerprint density at radius 2 is 1.88 bits per heavy atom. The summed E-state index contributed by atoms with van der Waals surface area (Å²) >= 11 is 0. The van der Waals surface area contributed by atoms with E-state index >= 15 is 0 Å². The summed E-state index contributed by atoms with van der Waals surface area (Å²) < 4.78 is 0. The van der Waals surface area contributed by atoms with E-state index in [-0.39, 0.29) is 5.91 Å². The monoisotopic (exact) mass is 219 g/mol. The number of anilines is 1. The van der Waals surface area contributed by atoms with Crippen molar-refractivity contribution in [3.8, 4) is 0 Å². The van der Waals surface area contributed by atoms with Gasteiger partial charge in [-0.1, -0.05) is 12.1 Å². The molecule has 3 N–H and O–H groups in total. The van der Waals surface area contributed by atoms with Crippen LogP contribution in [0.5, 0.6) is 0 Å². The highest BCUT2D eigenvalue weighted by atomic mass is 16.2. The van der Waals surface area contributed by atoms with E-state index in [0.717, 1.165) is 37.4 Å². The molecule has 0 saturated carbocycles. The Morgan fingerprint density at radius 1 is 1.25 bits per heavy atom. The molecular formula is C12H17N3O. The molecule has 16 heavy (non-hydrogen) atoms. The second kappa shape index (κ2) is 4.99. The second-order valence-corrected chi connectivity index (χ2v) is 4.05. The molecule has 2 rings (SSSR count). The van der Waals surface area contributed by atoms with Gasteiger partial charge in [-0.25, -0.2) is 0 Å². The Kier molecular flexibility index (Phi) is 3.41. The van der Waals surface area contributed by atoms with Gasteiger partial charge in [-0.2, -0.15) is 0 Å². The van der Waals surface area contributed by atoms with Crippen molar-refractivity contribution in [1.29, 1.82) is 0 Å². The number of nitrogen functional groups attached to an aromatic ring is 1. The summed E-state index contributed by atoms with van der Waals surface area (Å²) in [6.07, 6.45) is 0.472. The Bertz CT molecular complexity index is 355. The topological polar surface area (TPSA) is 58.4 Å². The standard InChI is InChI=1S/C12H17N3O/c13-11-3-1-10(2-4-11)9-12(16)15-7-5-14-6-8-15/h1-4,14H,5-9,13H2. The normalized spacial score (nSPS) is 16.1. The molecule has 0 aromatic heterocycles. The van der Waals surface area contributed by atoms with E-state index < -0.39 is 0 Å². The minimum absolute atomic E-state index is 0.200. The van der Waals surface area contributed by atoms with Gasteiger partial charge in [0.2, 0.25) is 5.91 Å². The van der Waals surface area contributed by atoms with Crippen molar-refractivity contribution in [3.05, 3.63) is 29.8 Å². The molecule has 0 bridgehead atoms. The first-order chi connectivity index (χ1) is 7.75. The van der Waals surface area contributed by atoms with Crippen molar-refractivity contribution < 1.29 is 4.79 Å². The van der Waals surface area contributed by atoms with Crippen LogP contribution in [0.25, 0.3) is 0 Å². The molecule has 0 spiro atoms. The highest BCUT2D eigenvalue weighted by Gasteiger charge is 2.15. The molecular weight excluding hydrogens is 202 g/mol. The first kappa shape index (κ1) is 11.0. The first-order valence-electron chi connectivity index (χ1n) is 5.58. The fourth-order valence-corrected chi connectivity index (χ4v) is 1.84. The smallest absolute Gasteiger partial charge is 0.227 e. The van der Waals surface area contributed by atoms with Gasteiger partial charge in [0.25, 0.3) is 0 Å². The van der Waals surface area contributed by atoms with E-state index in [1.165, 1.54) is 0 Å². The van der Waals surface area contributed by atoms with Crippen LogP contribution in [-0.2, 0) is 11.2 Å². The van der Waals surface area contributed by atoms with Crippen LogP contribution in [0.4, 0.5) is 5.69 Å². The number of rotatable bonds is 2. The van der Waals surface area contributed by atoms with Crippen molar-refractivity contribution in [2.75, 3.05) is 31.9 Å². The molecule has 4 nitrogen and oxygen atoms in total. The summed E-state index contributed by atoms with van der Waals surface area (Å²) in [7, 11) is 0. The first-order valence-corrected chi connectivity index (χ1v) is 5.58. The van der Waals surface area contributed by atoms with Crippen LogP contribution in [0.15, 0.2) is 24.3 Å². The van der Waals surface area contributed by atoms with Gasteiger partial charge in [0.1, 0.15) is 0 Å². The van der Waals surface area contributed by atoms with Crippen molar-refractivity contribution in [2.24, 2.45) is 0 Å². The van der Waals surface area contributed by atoms with Gasteiger partial charge >= 0.3 is 0 Å². The largest absolute Gasteiger partial charge is 0.399 e. The summed E-state index contributed by atoms with van der Waals surface area (Å²) in [6.45, 7) is 3.42. The predicted octanol–water partition coefficient (Wildman–Crippen LogP) is 0.243. The highest BCUT2D eigenvalue weighted by Crippen LogP contribution is 2.08. The van der Waals surface area contributed by atoms with E-state index in [2.05, 4.69) is 5.32 Å². The number of carbonyl (C=O) groups is 1. The average Bonchev–Trinajstić information content (AvgIpc) is 2.33. The van der Waals surface area contributed by atoms with Gasteiger partial charge in [-0.3, -0.25) is 4.79 Å². The Morgan fingerprint density at radius 3 is 2.50 bits per heavy atom. The molecule has 1 heterocycles. The molecule has 0 aliphatic carbocycles. The van der Waals surface area contributed by atoms with Crippen LogP contribution < -0.4 is 11.1 Å². The minimum Gasteiger partial charge on any atom is -0.399 e. The lowest BCUT2D eigenvalue weighted by Crippen LogP contribution is -2.46. The van der Waals surface area contributed by atoms with Crippen molar-refractivity contribution in [1.82, 2.24) is 10.2 Å². The Hall–Kier alpha value is -1.55. The zero-order valence-electron chi connectivity index (χ0n) is 9.28. The van der Waals surface area contributed by atoms with Gasteiger partial charge < -0.3 is 16.0 Å². The van der Waals surface area contributed by atoms with Crippen molar-refractivity contribution in [3.63, 3.8) is 0 Å². The number of nitrogens with two attached hydrogens (primary N) is 1. The predicted molar refractivity (Wildman–Crippen MR) is 64.0 cm³/mol. The summed E-state index contributed by atoms with van der Waals surface area (Å²) in [5.74, 6) is 0.200. The van der Waals surface area contributed by atoms with Gasteiger partial charge in [-0.15, -0.1) is 0 Å². The third kappa shape index (κ3) is 2.73. The van der Waals surface area contributed by atoms with Crippen LogP contribution in [0.1, 0.15) is 5.56 Å². The van der Waals surface area contributed by atoms with E-state index in [4.69, 9.17) is 5.73 Å². The number of carbonyl (C=O) groups excluding carboxylic acids is 1. The molecule has 1 aromatic carbocycles. The molecule has 0 radical (unpaired) electrons. The summed E-state index contributed by atoms with van der Waals surface area (Å²) in [5.41, 5.74) is 7.36. The molecule has 86 valence electrons. The zero-order valence-corrected chi connectivity index (χ0v) is 9.28. The van der Waals surface area contributed by atoms with E-state index in [9.17, 15) is 4.79 Å². The lowest BCUT2D eigenvalue weighted by molar-refractivity contribution is -0.131. The lowest BCUT2D eigenvalue weighted by Gasteiger charge is -2.27. The number of hydrogen-bond acceptors (Lipinski definition) is 3. The molecule has 4 heteroatoms. The molecule has 1 fully saturated rings. The third-order valence-corrected chi connectivity index (χ3v) is 2.80. The van der Waals surface area contributed by atoms with Gasteiger partial charge in [0, 0.05) is 31.9 Å². The third-order valence-electron chi connectivity index (χ3n) is 2.80. The Labute approximate surface area is 95.4 Å². The highest BCUT2D eigenvalue weighted by molar-refractivity contribution is 5.79. The van der Waals surface area contributed by atoms with Crippen LogP contribution in [0.3, 0.4) is 0 Å². The van der Waals surface area contributed by atoms with E-state index in [1.54, 1.807) is 0 Å². The van der Waals surface area contributed by atoms with Crippen molar-refractivity contribution in [2.45, 2.75) is 6.42 Å². The van der Waals surface area contributed by atoms with E-state index in [1.807, 2.05) is 29.2 Å². The summed E-state index contributed by atoms with van der Waals surface area (Å²) in [5, 5.41) is 3.23. The van der Waals surface area contributed by atoms with Gasteiger partial charge in [0.15, 0.2) is 0 Å². The van der Waals surface area contributed by atoms with Crippen LogP contribution in [0.2, 0.25) is 0 Å². The maximum Gasteiger partial charge on any atom is 0.227 e. The SMILES string of the molecule is Nc1ccc(CC(=O)N2CCNCC2)cc1. The molecule has 1 saturated heterocycles. The number of piperazine rings is 1. The maximum absolute atomic E-state index is 11.9. The van der Waals surface area contributed by atoms with Crippen LogP contribution in [-0.4, -0.2) is 37.0 Å².